The van der Waals surface area contributed by atoms with Crippen LogP contribution in [0.2, 0.25) is 0 Å². The zero-order valence-electron chi connectivity index (χ0n) is 10.1. The van der Waals surface area contributed by atoms with E-state index in [1.807, 2.05) is 0 Å². The number of aliphatic hydroxyl groups is 1. The number of carbonyl (C=O) groups excluding carboxylic acids is 2. The zero-order chi connectivity index (χ0) is 12.1. The Hall–Kier alpha value is -0.900. The summed E-state index contributed by atoms with van der Waals surface area (Å²) in [5.41, 5.74) is -0.762. The SMILES string of the molecule is CC1CC2C(=O)N(C(C)(C)CO)C(=O)C2C1. The molecule has 2 unspecified atom stereocenters. The summed E-state index contributed by atoms with van der Waals surface area (Å²) >= 11 is 0. The number of hydrogen-bond acceptors (Lipinski definition) is 3. The van der Waals surface area contributed by atoms with Crippen molar-refractivity contribution in [3.05, 3.63) is 0 Å². The number of imide groups is 1. The molecule has 1 heterocycles. The summed E-state index contributed by atoms with van der Waals surface area (Å²) in [5.74, 6) is 0.0285. The topological polar surface area (TPSA) is 57.6 Å². The molecule has 4 heteroatoms. The summed E-state index contributed by atoms with van der Waals surface area (Å²) in [4.78, 5) is 25.6. The van der Waals surface area contributed by atoms with E-state index in [0.29, 0.717) is 5.92 Å². The maximum absolute atomic E-state index is 12.1. The summed E-state index contributed by atoms with van der Waals surface area (Å²) in [6.45, 7) is 5.36. The van der Waals surface area contributed by atoms with Gasteiger partial charge in [0.1, 0.15) is 0 Å². The van der Waals surface area contributed by atoms with Crippen molar-refractivity contribution < 1.29 is 14.7 Å². The van der Waals surface area contributed by atoms with Crippen LogP contribution in [0.5, 0.6) is 0 Å². The number of nitrogens with zero attached hydrogens (tertiary/aromatic N) is 1. The molecule has 1 N–H and O–H groups in total. The van der Waals surface area contributed by atoms with Gasteiger partial charge in [-0.15, -0.1) is 0 Å². The maximum atomic E-state index is 12.1. The van der Waals surface area contributed by atoms with E-state index in [2.05, 4.69) is 6.92 Å². The van der Waals surface area contributed by atoms with Gasteiger partial charge in [-0.3, -0.25) is 14.5 Å². The average molecular weight is 225 g/mol. The van der Waals surface area contributed by atoms with Crippen molar-refractivity contribution in [3.63, 3.8) is 0 Å². The van der Waals surface area contributed by atoms with Crippen LogP contribution in [0, 0.1) is 17.8 Å². The van der Waals surface area contributed by atoms with Crippen LogP contribution in [-0.4, -0.2) is 34.0 Å². The van der Waals surface area contributed by atoms with Crippen LogP contribution in [0.3, 0.4) is 0 Å². The van der Waals surface area contributed by atoms with E-state index in [0.717, 1.165) is 12.8 Å². The van der Waals surface area contributed by atoms with Crippen molar-refractivity contribution in [1.29, 1.82) is 0 Å². The third-order valence-corrected chi connectivity index (χ3v) is 3.87. The Bertz CT molecular complexity index is 313. The monoisotopic (exact) mass is 225 g/mol. The average Bonchev–Trinajstić information content (AvgIpc) is 2.68. The Kier molecular flexibility index (Phi) is 2.57. The number of fused-ring (bicyclic) bond motifs is 1. The summed E-state index contributed by atoms with van der Waals surface area (Å²) in [7, 11) is 0. The second-order valence-corrected chi connectivity index (χ2v) is 5.77. The summed E-state index contributed by atoms with van der Waals surface area (Å²) in [5, 5.41) is 9.26. The van der Waals surface area contributed by atoms with Crippen LogP contribution in [0.4, 0.5) is 0 Å². The molecule has 2 amide bonds. The minimum Gasteiger partial charge on any atom is -0.394 e. The van der Waals surface area contributed by atoms with E-state index in [4.69, 9.17) is 0 Å². The summed E-state index contributed by atoms with van der Waals surface area (Å²) in [6.07, 6.45) is 1.63. The third kappa shape index (κ3) is 1.47. The molecule has 0 spiro atoms. The molecule has 90 valence electrons. The summed E-state index contributed by atoms with van der Waals surface area (Å²) < 4.78 is 0. The Balaban J connectivity index is 2.27. The van der Waals surface area contributed by atoms with E-state index < -0.39 is 5.54 Å². The van der Waals surface area contributed by atoms with Crippen molar-refractivity contribution in [1.82, 2.24) is 4.90 Å². The molecule has 0 radical (unpaired) electrons. The zero-order valence-corrected chi connectivity index (χ0v) is 10.1. The standard InChI is InChI=1S/C12H19NO3/c1-7-4-8-9(5-7)11(16)13(10(8)15)12(2,3)6-14/h7-9,14H,4-6H2,1-3H3. The molecule has 4 nitrogen and oxygen atoms in total. The quantitative estimate of drug-likeness (QED) is 0.707. The first-order chi connectivity index (χ1) is 7.38. The van der Waals surface area contributed by atoms with Gasteiger partial charge in [0.15, 0.2) is 0 Å². The number of rotatable bonds is 2. The lowest BCUT2D eigenvalue weighted by Crippen LogP contribution is -2.51. The number of aliphatic hydroxyl groups excluding tert-OH is 1. The maximum Gasteiger partial charge on any atom is 0.233 e. The molecule has 2 rings (SSSR count). The van der Waals surface area contributed by atoms with E-state index >= 15 is 0 Å². The Morgan fingerprint density at radius 1 is 1.25 bits per heavy atom. The van der Waals surface area contributed by atoms with Gasteiger partial charge in [-0.2, -0.15) is 0 Å². The highest BCUT2D eigenvalue weighted by molar-refractivity contribution is 6.06. The molecular formula is C12H19NO3. The van der Waals surface area contributed by atoms with Gasteiger partial charge in [0.25, 0.3) is 0 Å². The molecule has 0 aromatic heterocycles. The highest BCUT2D eigenvalue weighted by atomic mass is 16.3. The van der Waals surface area contributed by atoms with Crippen molar-refractivity contribution >= 4 is 11.8 Å². The molecule has 0 aromatic rings. The largest absolute Gasteiger partial charge is 0.394 e. The number of hydrogen-bond donors (Lipinski definition) is 1. The number of likely N-dealkylation sites (tertiary alicyclic amines) is 1. The van der Waals surface area contributed by atoms with Gasteiger partial charge in [-0.25, -0.2) is 0 Å². The van der Waals surface area contributed by atoms with Crippen molar-refractivity contribution in [2.75, 3.05) is 6.61 Å². The molecule has 2 aliphatic rings. The molecule has 1 aliphatic heterocycles. The fourth-order valence-corrected chi connectivity index (χ4v) is 2.95. The fourth-order valence-electron chi connectivity index (χ4n) is 2.95. The van der Waals surface area contributed by atoms with Crippen LogP contribution < -0.4 is 0 Å². The molecular weight excluding hydrogens is 206 g/mol. The molecule has 16 heavy (non-hydrogen) atoms. The highest BCUT2D eigenvalue weighted by Gasteiger charge is 2.55. The first-order valence-electron chi connectivity index (χ1n) is 5.87. The minimum atomic E-state index is -0.762. The van der Waals surface area contributed by atoms with Crippen LogP contribution in [0.25, 0.3) is 0 Å². The van der Waals surface area contributed by atoms with Crippen molar-refractivity contribution in [2.24, 2.45) is 17.8 Å². The molecule has 2 atom stereocenters. The van der Waals surface area contributed by atoms with E-state index in [-0.39, 0.29) is 30.3 Å². The van der Waals surface area contributed by atoms with Crippen LogP contribution in [-0.2, 0) is 9.59 Å². The molecule has 2 fully saturated rings. The van der Waals surface area contributed by atoms with Crippen LogP contribution >= 0.6 is 0 Å². The lowest BCUT2D eigenvalue weighted by molar-refractivity contribution is -0.148. The van der Waals surface area contributed by atoms with Gasteiger partial charge in [0.2, 0.25) is 11.8 Å². The first-order valence-corrected chi connectivity index (χ1v) is 5.87. The normalized spacial score (nSPS) is 34.8. The van der Waals surface area contributed by atoms with E-state index in [1.54, 1.807) is 13.8 Å². The second-order valence-electron chi connectivity index (χ2n) is 5.77. The Labute approximate surface area is 95.6 Å². The van der Waals surface area contributed by atoms with Crippen molar-refractivity contribution in [3.8, 4) is 0 Å². The first kappa shape index (κ1) is 11.6. The minimum absolute atomic E-state index is 0.0848. The Morgan fingerprint density at radius 3 is 2.06 bits per heavy atom. The molecule has 1 saturated heterocycles. The van der Waals surface area contributed by atoms with Gasteiger partial charge < -0.3 is 5.11 Å². The van der Waals surface area contributed by atoms with Crippen LogP contribution in [0.1, 0.15) is 33.6 Å². The Morgan fingerprint density at radius 2 is 1.69 bits per heavy atom. The van der Waals surface area contributed by atoms with Gasteiger partial charge >= 0.3 is 0 Å². The molecule has 1 aliphatic carbocycles. The third-order valence-electron chi connectivity index (χ3n) is 3.87. The van der Waals surface area contributed by atoms with Gasteiger partial charge in [0.05, 0.1) is 24.0 Å². The molecule has 1 saturated carbocycles. The smallest absolute Gasteiger partial charge is 0.233 e. The van der Waals surface area contributed by atoms with Gasteiger partial charge in [0, 0.05) is 0 Å². The number of amides is 2. The summed E-state index contributed by atoms with van der Waals surface area (Å²) in [6, 6.07) is 0. The highest BCUT2D eigenvalue weighted by Crippen LogP contribution is 2.44. The fraction of sp³-hybridized carbons (Fsp3) is 0.833. The molecule has 0 aromatic carbocycles. The predicted molar refractivity (Wildman–Crippen MR) is 58.4 cm³/mol. The molecule has 0 bridgehead atoms. The van der Waals surface area contributed by atoms with Gasteiger partial charge in [-0.1, -0.05) is 6.92 Å². The lowest BCUT2D eigenvalue weighted by atomic mass is 10.00. The van der Waals surface area contributed by atoms with E-state index in [1.165, 1.54) is 4.90 Å². The predicted octanol–water partition coefficient (Wildman–Crippen LogP) is 0.788. The van der Waals surface area contributed by atoms with Gasteiger partial charge in [-0.05, 0) is 32.6 Å². The number of carbonyl (C=O) groups is 2. The van der Waals surface area contributed by atoms with E-state index in [9.17, 15) is 14.7 Å². The van der Waals surface area contributed by atoms with Crippen molar-refractivity contribution in [2.45, 2.75) is 39.2 Å². The lowest BCUT2D eigenvalue weighted by Gasteiger charge is -2.33. The van der Waals surface area contributed by atoms with Crippen LogP contribution in [0.15, 0.2) is 0 Å². The second kappa shape index (κ2) is 3.55.